The van der Waals surface area contributed by atoms with Gasteiger partial charge in [0.2, 0.25) is 11.8 Å². The molecule has 4 N–H and O–H groups in total. The minimum Gasteiger partial charge on any atom is -0.453 e. The first-order valence-electron chi connectivity index (χ1n) is 21.6. The largest absolute Gasteiger partial charge is 0.453 e. The number of benzene rings is 2. The van der Waals surface area contributed by atoms with Crippen LogP contribution in [0.25, 0.3) is 21.8 Å². The van der Waals surface area contributed by atoms with Crippen LogP contribution in [0.2, 0.25) is 0 Å². The Morgan fingerprint density at radius 1 is 0.797 bits per heavy atom. The first kappa shape index (κ1) is 47.3. The quantitative estimate of drug-likeness (QED) is 0.0774. The Balaban J connectivity index is 1.24. The van der Waals surface area contributed by atoms with Crippen molar-refractivity contribution in [2.24, 2.45) is 10.8 Å². The van der Waals surface area contributed by atoms with E-state index >= 15 is 0 Å². The normalized spacial score (nSPS) is 15.5. The second-order valence-corrected chi connectivity index (χ2v) is 19.3. The van der Waals surface area contributed by atoms with Gasteiger partial charge in [0.15, 0.2) is 0 Å². The van der Waals surface area contributed by atoms with Gasteiger partial charge in [-0.1, -0.05) is 102 Å². The third kappa shape index (κ3) is 12.5. The number of aliphatic hydroxyl groups is 1. The number of thiazole rings is 1. The van der Waals surface area contributed by atoms with Gasteiger partial charge in [0.05, 0.1) is 37.2 Å². The van der Waals surface area contributed by atoms with Gasteiger partial charge >= 0.3 is 12.1 Å². The fraction of sp³-hybridized carbons (Fsp3) is 0.408. The van der Waals surface area contributed by atoms with Gasteiger partial charge in [0, 0.05) is 54.2 Å². The molecule has 2 aromatic carbocycles. The van der Waals surface area contributed by atoms with E-state index in [1.165, 1.54) is 18.4 Å². The monoisotopic (exact) mass is 888 g/mol. The smallest absolute Gasteiger partial charge is 0.407 e. The summed E-state index contributed by atoms with van der Waals surface area (Å²) in [6.45, 7) is 12.3. The number of aliphatic hydroxyl groups excluding tert-OH is 1. The van der Waals surface area contributed by atoms with E-state index < -0.39 is 59.0 Å². The maximum absolute atomic E-state index is 14.7. The average molecular weight is 889 g/mol. The van der Waals surface area contributed by atoms with Gasteiger partial charge in [-0.15, -0.1) is 11.3 Å². The SMILES string of the molecule is COC(=O)NC(C(=O)NC(Cc1ccc(-c2ccccn2)cc1)CC(O)C(Cc1ccccc1)NC(=O)[C@@H](N1CCN(Cc2csc(-c3cccnc3)n2)C1=O)C(C)(C)C)C(C)(C)C. The van der Waals surface area contributed by atoms with Gasteiger partial charge in [-0.05, 0) is 65.5 Å². The summed E-state index contributed by atoms with van der Waals surface area (Å²) in [5, 5.41) is 24.0. The molecule has 0 radical (unpaired) electrons. The molecule has 1 saturated heterocycles. The maximum atomic E-state index is 14.7. The van der Waals surface area contributed by atoms with Gasteiger partial charge in [-0.25, -0.2) is 14.6 Å². The number of hydrogen-bond donors (Lipinski definition) is 4. The molecule has 14 nitrogen and oxygen atoms in total. The molecule has 4 heterocycles. The number of ether oxygens (including phenoxy) is 1. The summed E-state index contributed by atoms with van der Waals surface area (Å²) >= 11 is 1.49. The highest BCUT2D eigenvalue weighted by molar-refractivity contribution is 7.13. The van der Waals surface area contributed by atoms with Gasteiger partial charge in [-0.2, -0.15) is 0 Å². The lowest BCUT2D eigenvalue weighted by atomic mass is 9.84. The van der Waals surface area contributed by atoms with Crippen LogP contribution in [0.1, 0.15) is 64.8 Å². The molecule has 0 bridgehead atoms. The molecule has 3 aromatic heterocycles. The van der Waals surface area contributed by atoms with Crippen LogP contribution in [0, 0.1) is 10.8 Å². The minimum absolute atomic E-state index is 0.0475. The molecule has 1 aliphatic heterocycles. The summed E-state index contributed by atoms with van der Waals surface area (Å²) in [5.41, 5.74) is 3.81. The molecule has 5 aromatic rings. The lowest BCUT2D eigenvalue weighted by Gasteiger charge is -2.38. The van der Waals surface area contributed by atoms with Crippen LogP contribution >= 0.6 is 11.3 Å². The summed E-state index contributed by atoms with van der Waals surface area (Å²) in [4.78, 5) is 72.1. The number of methoxy groups -OCH3 is 1. The Bertz CT molecular complexity index is 2320. The fourth-order valence-corrected chi connectivity index (χ4v) is 8.82. The van der Waals surface area contributed by atoms with Crippen LogP contribution in [0.3, 0.4) is 0 Å². The van der Waals surface area contributed by atoms with E-state index in [1.807, 2.05) is 132 Å². The number of pyridine rings is 2. The second kappa shape index (κ2) is 21.0. The van der Waals surface area contributed by atoms with Crippen molar-refractivity contribution in [1.82, 2.24) is 40.7 Å². The third-order valence-electron chi connectivity index (χ3n) is 11.3. The number of nitrogens with one attached hydrogen (secondary N) is 3. The van der Waals surface area contributed by atoms with E-state index in [0.29, 0.717) is 26.1 Å². The Morgan fingerprint density at radius 3 is 2.16 bits per heavy atom. The van der Waals surface area contributed by atoms with Crippen LogP contribution < -0.4 is 16.0 Å². The number of hydrogen-bond acceptors (Lipinski definition) is 10. The Labute approximate surface area is 379 Å². The fourth-order valence-electron chi connectivity index (χ4n) is 8.02. The second-order valence-electron chi connectivity index (χ2n) is 18.4. The zero-order chi connectivity index (χ0) is 46.0. The van der Waals surface area contributed by atoms with Gasteiger partial charge in [0.25, 0.3) is 0 Å². The molecule has 15 heteroatoms. The number of amides is 5. The molecule has 0 spiro atoms. The third-order valence-corrected chi connectivity index (χ3v) is 12.2. The molecule has 0 saturated carbocycles. The highest BCUT2D eigenvalue weighted by atomic mass is 32.1. The number of urea groups is 1. The van der Waals surface area contributed by atoms with Crippen molar-refractivity contribution in [1.29, 1.82) is 0 Å². The van der Waals surface area contributed by atoms with Gasteiger partial charge < -0.3 is 35.6 Å². The standard InChI is InChI=1S/C49H60N8O6S/c1-48(2,3)41(55-46(61)63-7)43(59)52-36(26-33-18-20-34(21-19-33)38-17-11-12-23-51-38)28-40(58)39(27-32-14-9-8-10-15-32)54-44(60)42(49(4,5)6)57-25-24-56(47(57)62)30-37-31-64-45(53-37)35-16-13-22-50-29-35/h8-23,29,31,36,39-42,58H,24-28,30H2,1-7H3,(H,52,59)(H,54,60)(H,55,61)/t36?,39?,40?,41?,42-/m1/s1. The van der Waals surface area contributed by atoms with Crippen LogP contribution in [-0.2, 0) is 33.7 Å². The zero-order valence-electron chi connectivity index (χ0n) is 37.7. The molecule has 1 fully saturated rings. The van der Waals surface area contributed by atoms with Crippen molar-refractivity contribution in [3.8, 4) is 21.8 Å². The zero-order valence-corrected chi connectivity index (χ0v) is 38.5. The van der Waals surface area contributed by atoms with Crippen LogP contribution in [0.4, 0.5) is 9.59 Å². The number of alkyl carbamates (subject to hydrolysis) is 1. The average Bonchev–Trinajstić information content (AvgIpc) is 3.88. The van der Waals surface area contributed by atoms with E-state index in [1.54, 1.807) is 28.4 Å². The predicted octanol–water partition coefficient (Wildman–Crippen LogP) is 6.90. The summed E-state index contributed by atoms with van der Waals surface area (Å²) in [5.74, 6) is -0.837. The van der Waals surface area contributed by atoms with Crippen molar-refractivity contribution < 1.29 is 29.0 Å². The first-order valence-corrected chi connectivity index (χ1v) is 22.5. The predicted molar refractivity (Wildman–Crippen MR) is 248 cm³/mol. The molecule has 5 amide bonds. The van der Waals surface area contributed by atoms with Crippen molar-refractivity contribution in [2.45, 2.75) is 97.6 Å². The Hall–Kier alpha value is -6.19. The van der Waals surface area contributed by atoms with Crippen molar-refractivity contribution in [2.75, 3.05) is 20.2 Å². The molecular formula is C49H60N8O6S. The molecule has 5 atom stereocenters. The maximum Gasteiger partial charge on any atom is 0.407 e. The molecule has 4 unspecified atom stereocenters. The molecule has 0 aliphatic carbocycles. The van der Waals surface area contributed by atoms with Crippen LogP contribution in [0.5, 0.6) is 0 Å². The number of carbonyl (C=O) groups is 4. The lowest BCUT2D eigenvalue weighted by molar-refractivity contribution is -0.131. The molecule has 1 aliphatic rings. The van der Waals surface area contributed by atoms with Crippen LogP contribution in [0.15, 0.2) is 109 Å². The molecule has 6 rings (SSSR count). The summed E-state index contributed by atoms with van der Waals surface area (Å²) in [6, 6.07) is 23.4. The van der Waals surface area contributed by atoms with Crippen molar-refractivity contribution >= 4 is 35.3 Å². The number of carbonyl (C=O) groups excluding carboxylic acids is 4. The van der Waals surface area contributed by atoms with Gasteiger partial charge in [-0.3, -0.25) is 19.6 Å². The van der Waals surface area contributed by atoms with E-state index in [2.05, 4.69) is 25.9 Å². The van der Waals surface area contributed by atoms with Crippen molar-refractivity contribution in [3.63, 3.8) is 0 Å². The van der Waals surface area contributed by atoms with E-state index in [-0.39, 0.29) is 18.9 Å². The summed E-state index contributed by atoms with van der Waals surface area (Å²) < 4.78 is 4.85. The highest BCUT2D eigenvalue weighted by Crippen LogP contribution is 2.30. The van der Waals surface area contributed by atoms with Crippen LogP contribution in [-0.4, -0.2) is 104 Å². The van der Waals surface area contributed by atoms with Gasteiger partial charge in [0.1, 0.15) is 17.1 Å². The van der Waals surface area contributed by atoms with Crippen molar-refractivity contribution in [3.05, 3.63) is 126 Å². The lowest BCUT2D eigenvalue weighted by Crippen LogP contribution is -2.59. The Kier molecular flexibility index (Phi) is 15.5. The first-order chi connectivity index (χ1) is 30.5. The summed E-state index contributed by atoms with van der Waals surface area (Å²) in [6.07, 6.45) is 3.96. The number of aromatic nitrogens is 3. The molecular weight excluding hydrogens is 829 g/mol. The summed E-state index contributed by atoms with van der Waals surface area (Å²) in [7, 11) is 1.24. The number of rotatable bonds is 17. The van der Waals surface area contributed by atoms with E-state index in [4.69, 9.17) is 9.72 Å². The highest BCUT2D eigenvalue weighted by Gasteiger charge is 2.44. The molecule has 64 heavy (non-hydrogen) atoms. The number of nitrogens with zero attached hydrogens (tertiary/aromatic N) is 5. The Morgan fingerprint density at radius 2 is 1.52 bits per heavy atom. The minimum atomic E-state index is -1.16. The van der Waals surface area contributed by atoms with E-state index in [0.717, 1.165) is 38.6 Å². The van der Waals surface area contributed by atoms with E-state index in [9.17, 15) is 24.3 Å². The molecule has 338 valence electrons. The topological polar surface area (TPSA) is 179 Å².